The van der Waals surface area contributed by atoms with Crippen LogP contribution in [0.5, 0.6) is 5.75 Å². The average molecular weight is 426 g/mol. The molecule has 0 saturated heterocycles. The van der Waals surface area contributed by atoms with Gasteiger partial charge in [-0.2, -0.15) is 0 Å². The van der Waals surface area contributed by atoms with E-state index in [-0.39, 0.29) is 37.0 Å². The van der Waals surface area contributed by atoms with E-state index in [9.17, 15) is 13.2 Å². The number of thiazole rings is 1. The van der Waals surface area contributed by atoms with Crippen LogP contribution in [0.25, 0.3) is 0 Å². The summed E-state index contributed by atoms with van der Waals surface area (Å²) in [6, 6.07) is 4.67. The Hall–Kier alpha value is -1.39. The Labute approximate surface area is 160 Å². The Morgan fingerprint density at radius 3 is 2.76 bits per heavy atom. The van der Waals surface area contributed by atoms with E-state index in [0.717, 1.165) is 6.26 Å². The maximum absolute atomic E-state index is 12.2. The Balaban J connectivity index is 0.00000312. The summed E-state index contributed by atoms with van der Waals surface area (Å²) < 4.78 is 27.8. The summed E-state index contributed by atoms with van der Waals surface area (Å²) in [7, 11) is -3.14. The Morgan fingerprint density at radius 1 is 1.44 bits per heavy atom. The molecule has 1 aromatic carbocycles. The monoisotopic (exact) mass is 425 g/mol. The van der Waals surface area contributed by atoms with Gasteiger partial charge in [0.2, 0.25) is 0 Å². The topological polar surface area (TPSA) is 111 Å². The number of anilines is 1. The SMILES string of the molecule is CS(=O)(=O)CCOc1ccc(Cl)cc1NC(=O)c1csc(CN)n1.Cl. The number of aromatic nitrogens is 1. The number of halogens is 2. The molecule has 0 aliphatic rings. The minimum Gasteiger partial charge on any atom is -0.490 e. The fraction of sp³-hybridized carbons (Fsp3) is 0.286. The third kappa shape index (κ3) is 6.79. The molecule has 2 aromatic rings. The number of hydrogen-bond acceptors (Lipinski definition) is 7. The Bertz CT molecular complexity index is 840. The fourth-order valence-electron chi connectivity index (χ4n) is 1.72. The van der Waals surface area contributed by atoms with Crippen LogP contribution in [-0.2, 0) is 16.4 Å². The van der Waals surface area contributed by atoms with Gasteiger partial charge in [-0.1, -0.05) is 11.6 Å². The Morgan fingerprint density at radius 2 is 2.16 bits per heavy atom. The first-order valence-corrected chi connectivity index (χ1v) is 10.2. The van der Waals surface area contributed by atoms with Crippen LogP contribution in [0.4, 0.5) is 5.69 Å². The molecule has 0 unspecified atom stereocenters. The van der Waals surface area contributed by atoms with Gasteiger partial charge in [0.15, 0.2) is 9.84 Å². The molecule has 0 radical (unpaired) electrons. The number of nitrogens with zero attached hydrogens (tertiary/aromatic N) is 1. The molecule has 7 nitrogen and oxygen atoms in total. The summed E-state index contributed by atoms with van der Waals surface area (Å²) in [6.45, 7) is 0.228. The molecule has 0 saturated carbocycles. The van der Waals surface area contributed by atoms with Crippen LogP contribution in [0, 0.1) is 0 Å². The zero-order valence-corrected chi connectivity index (χ0v) is 16.4. The van der Waals surface area contributed by atoms with Crippen LogP contribution in [0.15, 0.2) is 23.6 Å². The second-order valence-electron chi connectivity index (χ2n) is 4.90. The zero-order chi connectivity index (χ0) is 17.7. The van der Waals surface area contributed by atoms with Crippen molar-refractivity contribution < 1.29 is 17.9 Å². The van der Waals surface area contributed by atoms with E-state index >= 15 is 0 Å². The van der Waals surface area contributed by atoms with Crippen LogP contribution >= 0.6 is 35.3 Å². The summed E-state index contributed by atoms with van der Waals surface area (Å²) >= 11 is 7.24. The van der Waals surface area contributed by atoms with Crippen molar-refractivity contribution in [3.05, 3.63) is 39.3 Å². The third-order valence-electron chi connectivity index (χ3n) is 2.86. The normalized spacial score (nSPS) is 10.8. The summed E-state index contributed by atoms with van der Waals surface area (Å²) in [6.07, 6.45) is 1.12. The Kier molecular flexibility index (Phi) is 8.10. The van der Waals surface area contributed by atoms with Crippen molar-refractivity contribution >= 4 is 56.8 Å². The molecule has 0 atom stereocenters. The summed E-state index contributed by atoms with van der Waals surface area (Å²) in [5.74, 6) is -0.235. The van der Waals surface area contributed by atoms with Gasteiger partial charge in [0.25, 0.3) is 5.91 Å². The van der Waals surface area contributed by atoms with Crippen molar-refractivity contribution in [1.29, 1.82) is 0 Å². The molecule has 0 aliphatic carbocycles. The number of benzene rings is 1. The number of carbonyl (C=O) groups is 1. The molecule has 0 spiro atoms. The standard InChI is InChI=1S/C14H16ClN3O4S2.ClH/c1-24(20,21)5-4-22-12-3-2-9(15)6-10(12)18-14(19)11-8-23-13(7-16)17-11;/h2-3,6,8H,4-5,7,16H2,1H3,(H,18,19);1H. The lowest BCUT2D eigenvalue weighted by atomic mass is 10.3. The van der Waals surface area contributed by atoms with E-state index in [2.05, 4.69) is 10.3 Å². The van der Waals surface area contributed by atoms with Gasteiger partial charge in [-0.25, -0.2) is 13.4 Å². The summed E-state index contributed by atoms with van der Waals surface area (Å²) in [4.78, 5) is 16.3. The predicted octanol–water partition coefficient (Wildman–Crippen LogP) is 2.35. The van der Waals surface area contributed by atoms with E-state index in [4.69, 9.17) is 22.1 Å². The first-order chi connectivity index (χ1) is 11.3. The van der Waals surface area contributed by atoms with E-state index in [1.165, 1.54) is 17.4 Å². The van der Waals surface area contributed by atoms with Gasteiger partial charge < -0.3 is 15.8 Å². The molecule has 11 heteroatoms. The van der Waals surface area contributed by atoms with Crippen LogP contribution < -0.4 is 15.8 Å². The van der Waals surface area contributed by atoms with Crippen molar-refractivity contribution in [1.82, 2.24) is 4.98 Å². The van der Waals surface area contributed by atoms with E-state index in [1.54, 1.807) is 17.5 Å². The van der Waals surface area contributed by atoms with Gasteiger partial charge >= 0.3 is 0 Å². The number of carbonyl (C=O) groups excluding carboxylic acids is 1. The lowest BCUT2D eigenvalue weighted by Crippen LogP contribution is -2.16. The lowest BCUT2D eigenvalue weighted by molar-refractivity contribution is 0.102. The van der Waals surface area contributed by atoms with Crippen molar-refractivity contribution in [2.45, 2.75) is 6.54 Å². The summed E-state index contributed by atoms with van der Waals surface area (Å²) in [5.41, 5.74) is 6.05. The van der Waals surface area contributed by atoms with Crippen LogP contribution in [0.3, 0.4) is 0 Å². The van der Waals surface area contributed by atoms with Gasteiger partial charge in [-0.15, -0.1) is 23.7 Å². The highest BCUT2D eigenvalue weighted by Gasteiger charge is 2.14. The molecule has 3 N–H and O–H groups in total. The second kappa shape index (κ2) is 9.35. The number of nitrogens with two attached hydrogens (primary N) is 1. The van der Waals surface area contributed by atoms with Crippen LogP contribution in [0.2, 0.25) is 5.02 Å². The molecule has 0 bridgehead atoms. The molecule has 0 aliphatic heterocycles. The van der Waals surface area contributed by atoms with Crippen LogP contribution in [0.1, 0.15) is 15.5 Å². The fourth-order valence-corrected chi connectivity index (χ4v) is 2.94. The smallest absolute Gasteiger partial charge is 0.275 e. The van der Waals surface area contributed by atoms with Gasteiger partial charge in [0, 0.05) is 23.2 Å². The maximum Gasteiger partial charge on any atom is 0.275 e. The van der Waals surface area contributed by atoms with E-state index in [1.807, 2.05) is 0 Å². The van der Waals surface area contributed by atoms with Crippen molar-refractivity contribution in [3.8, 4) is 5.75 Å². The first-order valence-electron chi connectivity index (χ1n) is 6.84. The average Bonchev–Trinajstić information content (AvgIpc) is 2.97. The van der Waals surface area contributed by atoms with Gasteiger partial charge in [-0.3, -0.25) is 4.79 Å². The number of ether oxygens (including phenoxy) is 1. The third-order valence-corrected chi connectivity index (χ3v) is 4.87. The number of amides is 1. The number of nitrogens with one attached hydrogen (secondary N) is 1. The molecule has 138 valence electrons. The van der Waals surface area contributed by atoms with Gasteiger partial charge in [0.1, 0.15) is 23.1 Å². The number of hydrogen-bond donors (Lipinski definition) is 2. The molecular weight excluding hydrogens is 409 g/mol. The van der Waals surface area contributed by atoms with Crippen molar-refractivity contribution in [3.63, 3.8) is 0 Å². The molecule has 25 heavy (non-hydrogen) atoms. The predicted molar refractivity (Wildman–Crippen MR) is 102 cm³/mol. The second-order valence-corrected chi connectivity index (χ2v) is 8.54. The minimum absolute atomic E-state index is 0. The molecule has 2 rings (SSSR count). The maximum atomic E-state index is 12.2. The molecule has 1 heterocycles. The highest BCUT2D eigenvalue weighted by Crippen LogP contribution is 2.28. The van der Waals surface area contributed by atoms with E-state index < -0.39 is 15.7 Å². The quantitative estimate of drug-likeness (QED) is 0.703. The van der Waals surface area contributed by atoms with Gasteiger partial charge in [0.05, 0.1) is 11.4 Å². The summed E-state index contributed by atoms with van der Waals surface area (Å²) in [5, 5.41) is 5.31. The van der Waals surface area contributed by atoms with Crippen molar-refractivity contribution in [2.75, 3.05) is 23.9 Å². The van der Waals surface area contributed by atoms with Crippen LogP contribution in [-0.4, -0.2) is 37.9 Å². The highest BCUT2D eigenvalue weighted by molar-refractivity contribution is 7.90. The number of rotatable bonds is 7. The number of sulfone groups is 1. The van der Waals surface area contributed by atoms with Gasteiger partial charge in [-0.05, 0) is 18.2 Å². The van der Waals surface area contributed by atoms with E-state index in [0.29, 0.717) is 21.5 Å². The minimum atomic E-state index is -3.14. The zero-order valence-electron chi connectivity index (χ0n) is 13.2. The largest absolute Gasteiger partial charge is 0.490 e. The molecule has 0 fully saturated rings. The molecule has 1 aromatic heterocycles. The molecular formula is C14H17Cl2N3O4S2. The first kappa shape index (κ1) is 21.7. The highest BCUT2D eigenvalue weighted by atomic mass is 35.5. The lowest BCUT2D eigenvalue weighted by Gasteiger charge is -2.12. The van der Waals surface area contributed by atoms with Crippen molar-refractivity contribution in [2.24, 2.45) is 5.73 Å². The molecule has 1 amide bonds.